The van der Waals surface area contributed by atoms with Gasteiger partial charge in [0.05, 0.1) is 6.54 Å². The lowest BCUT2D eigenvalue weighted by Crippen LogP contribution is -2.56. The Morgan fingerprint density at radius 3 is 2.50 bits per heavy atom. The van der Waals surface area contributed by atoms with E-state index >= 15 is 0 Å². The molecule has 0 bridgehead atoms. The van der Waals surface area contributed by atoms with Gasteiger partial charge < -0.3 is 20.2 Å². The number of rotatable bonds is 5. The van der Waals surface area contributed by atoms with Crippen LogP contribution >= 0.6 is 0 Å². The fourth-order valence-corrected chi connectivity index (χ4v) is 5.32. The van der Waals surface area contributed by atoms with Crippen molar-refractivity contribution in [1.82, 2.24) is 15.1 Å². The van der Waals surface area contributed by atoms with Crippen LogP contribution in [0.5, 0.6) is 0 Å². The Kier molecular flexibility index (Phi) is 4.12. The van der Waals surface area contributed by atoms with Crippen molar-refractivity contribution < 1.29 is 23.9 Å². The highest BCUT2D eigenvalue weighted by atomic mass is 19.1. The van der Waals surface area contributed by atoms with Gasteiger partial charge in [0.15, 0.2) is 0 Å². The van der Waals surface area contributed by atoms with Crippen LogP contribution in [0.15, 0.2) is 24.3 Å². The van der Waals surface area contributed by atoms with Crippen LogP contribution in [-0.2, 0) is 9.59 Å². The topological polar surface area (TPSA) is 114 Å². The SMILES string of the molecule is N#C[C@]1(C(=O)O)C[C@@H]2C[C@@H]2N1C(=O)CNC1C2CN(C(=O)c3ccc(F)cc3)CC21. The third-order valence-electron chi connectivity index (χ3n) is 7.05. The number of carboxylic acids is 1. The highest BCUT2D eigenvalue weighted by Gasteiger charge is 2.66. The van der Waals surface area contributed by atoms with Crippen molar-refractivity contribution >= 4 is 17.8 Å². The van der Waals surface area contributed by atoms with Gasteiger partial charge in [0.1, 0.15) is 11.9 Å². The number of nitrogens with zero attached hydrogens (tertiary/aromatic N) is 3. The van der Waals surface area contributed by atoms with Gasteiger partial charge >= 0.3 is 5.97 Å². The molecule has 2 saturated heterocycles. The van der Waals surface area contributed by atoms with Crippen LogP contribution in [0.3, 0.4) is 0 Å². The van der Waals surface area contributed by atoms with Gasteiger partial charge in [-0.25, -0.2) is 9.18 Å². The fraction of sp³-hybridized carbons (Fsp3) is 0.524. The number of hydrogen-bond donors (Lipinski definition) is 2. The molecular formula is C21H21FN4O4. The Labute approximate surface area is 172 Å². The second-order valence-electron chi connectivity index (χ2n) is 8.76. The van der Waals surface area contributed by atoms with Gasteiger partial charge in [-0.2, -0.15) is 5.26 Å². The van der Waals surface area contributed by atoms with Gasteiger partial charge in [-0.15, -0.1) is 0 Å². The second kappa shape index (κ2) is 6.51. The number of nitriles is 1. The maximum atomic E-state index is 13.0. The zero-order valence-corrected chi connectivity index (χ0v) is 16.1. The summed E-state index contributed by atoms with van der Waals surface area (Å²) in [5, 5.41) is 22.2. The summed E-state index contributed by atoms with van der Waals surface area (Å²) in [4.78, 5) is 40.0. The molecule has 2 N–H and O–H groups in total. The molecule has 1 aromatic rings. The van der Waals surface area contributed by atoms with E-state index in [1.54, 1.807) is 4.90 Å². The Hall–Kier alpha value is -2.99. The first kappa shape index (κ1) is 19.0. The van der Waals surface area contributed by atoms with E-state index in [1.807, 2.05) is 6.07 Å². The van der Waals surface area contributed by atoms with Gasteiger partial charge in [-0.1, -0.05) is 0 Å². The summed E-state index contributed by atoms with van der Waals surface area (Å²) in [6.07, 6.45) is 0.960. The van der Waals surface area contributed by atoms with Crippen molar-refractivity contribution in [3.05, 3.63) is 35.6 Å². The third kappa shape index (κ3) is 2.78. The number of carboxylic acid groups (broad SMARTS) is 1. The molecule has 8 nitrogen and oxygen atoms in total. The van der Waals surface area contributed by atoms with Gasteiger partial charge in [0, 0.05) is 37.2 Å². The van der Waals surface area contributed by atoms with Crippen LogP contribution in [0.25, 0.3) is 0 Å². The molecule has 2 aliphatic carbocycles. The van der Waals surface area contributed by atoms with Gasteiger partial charge in [-0.3, -0.25) is 9.59 Å². The minimum absolute atomic E-state index is 0.0104. The number of hydrogen-bond acceptors (Lipinski definition) is 5. The molecule has 0 radical (unpaired) electrons. The number of nitrogens with one attached hydrogen (secondary N) is 1. The first-order chi connectivity index (χ1) is 14.4. The highest BCUT2D eigenvalue weighted by Crippen LogP contribution is 2.53. The average Bonchev–Trinajstić information content (AvgIpc) is 3.53. The average molecular weight is 412 g/mol. The normalized spacial score (nSPS) is 35.4. The van der Waals surface area contributed by atoms with E-state index in [1.165, 1.54) is 29.2 Å². The zero-order valence-electron chi connectivity index (χ0n) is 16.1. The molecule has 2 unspecified atom stereocenters. The van der Waals surface area contributed by atoms with Crippen LogP contribution < -0.4 is 5.32 Å². The summed E-state index contributed by atoms with van der Waals surface area (Å²) in [6.45, 7) is 1.13. The number of halogens is 1. The number of amides is 2. The largest absolute Gasteiger partial charge is 0.479 e. The first-order valence-corrected chi connectivity index (χ1v) is 10.1. The monoisotopic (exact) mass is 412 g/mol. The Balaban J connectivity index is 1.15. The van der Waals surface area contributed by atoms with Crippen molar-refractivity contribution in [1.29, 1.82) is 5.26 Å². The highest BCUT2D eigenvalue weighted by molar-refractivity contribution is 5.94. The minimum atomic E-state index is -1.75. The number of carbonyl (C=O) groups excluding carboxylic acids is 2. The fourth-order valence-electron chi connectivity index (χ4n) is 5.32. The number of aliphatic carboxylic acids is 1. The smallest absolute Gasteiger partial charge is 0.344 e. The van der Waals surface area contributed by atoms with E-state index in [0.717, 1.165) is 6.42 Å². The van der Waals surface area contributed by atoms with E-state index < -0.39 is 11.5 Å². The van der Waals surface area contributed by atoms with Gasteiger partial charge in [0.25, 0.3) is 5.91 Å². The molecule has 9 heteroatoms. The number of carbonyl (C=O) groups is 3. The van der Waals surface area contributed by atoms with Gasteiger partial charge in [0.2, 0.25) is 11.4 Å². The third-order valence-corrected chi connectivity index (χ3v) is 7.05. The summed E-state index contributed by atoms with van der Waals surface area (Å²) >= 11 is 0. The standard InChI is InChI=1S/C21H21FN4O4/c22-13-3-1-11(2-4-13)19(28)25-8-14-15(9-25)18(14)24-7-17(27)26-16-5-12(16)6-21(26,10-23)20(29)30/h1-4,12,14-16,18,24H,5-9H2,(H,29,30)/t12-,14?,15?,16-,18?,21-/m0/s1. The summed E-state index contributed by atoms with van der Waals surface area (Å²) in [5.74, 6) is -1.53. The lowest BCUT2D eigenvalue weighted by atomic mass is 9.95. The predicted octanol–water partition coefficient (Wildman–Crippen LogP) is 0.453. The molecule has 0 aromatic heterocycles. The molecule has 1 aromatic carbocycles. The van der Waals surface area contributed by atoms with Crippen molar-refractivity contribution in [3.63, 3.8) is 0 Å². The predicted molar refractivity (Wildman–Crippen MR) is 100 cm³/mol. The molecular weight excluding hydrogens is 391 g/mol. The molecule has 2 saturated carbocycles. The number of likely N-dealkylation sites (tertiary alicyclic amines) is 2. The Morgan fingerprint density at radius 2 is 1.90 bits per heavy atom. The van der Waals surface area contributed by atoms with Crippen LogP contribution in [0, 0.1) is 34.9 Å². The Morgan fingerprint density at radius 1 is 1.23 bits per heavy atom. The van der Waals surface area contributed by atoms with Crippen molar-refractivity contribution in [2.75, 3.05) is 19.6 Å². The first-order valence-electron chi connectivity index (χ1n) is 10.1. The van der Waals surface area contributed by atoms with E-state index in [4.69, 9.17) is 0 Å². The zero-order chi connectivity index (χ0) is 21.2. The number of fused-ring (bicyclic) bond motifs is 2. The van der Waals surface area contributed by atoms with Crippen LogP contribution in [0.2, 0.25) is 0 Å². The van der Waals surface area contributed by atoms with Crippen LogP contribution in [-0.4, -0.2) is 69.9 Å². The number of benzene rings is 1. The van der Waals surface area contributed by atoms with E-state index in [0.29, 0.717) is 18.7 Å². The lowest BCUT2D eigenvalue weighted by molar-refractivity contribution is -0.153. The molecule has 2 amide bonds. The maximum Gasteiger partial charge on any atom is 0.344 e. The molecule has 0 spiro atoms. The Bertz CT molecular complexity index is 964. The quantitative estimate of drug-likeness (QED) is 0.726. The van der Waals surface area contributed by atoms with Crippen LogP contribution in [0.1, 0.15) is 23.2 Å². The van der Waals surface area contributed by atoms with Crippen molar-refractivity contribution in [3.8, 4) is 6.07 Å². The van der Waals surface area contributed by atoms with Crippen molar-refractivity contribution in [2.24, 2.45) is 17.8 Å². The van der Waals surface area contributed by atoms with E-state index in [9.17, 15) is 29.1 Å². The molecule has 2 heterocycles. The number of piperidine rings is 2. The summed E-state index contributed by atoms with van der Waals surface area (Å²) in [7, 11) is 0. The summed E-state index contributed by atoms with van der Waals surface area (Å²) in [5.41, 5.74) is -1.30. The summed E-state index contributed by atoms with van der Waals surface area (Å²) in [6, 6.07) is 7.30. The molecule has 5 rings (SSSR count). The van der Waals surface area contributed by atoms with Crippen LogP contribution in [0.4, 0.5) is 4.39 Å². The lowest BCUT2D eigenvalue weighted by Gasteiger charge is -2.31. The molecule has 156 valence electrons. The molecule has 2 aliphatic heterocycles. The molecule has 5 atom stereocenters. The van der Waals surface area contributed by atoms with Crippen molar-refractivity contribution in [2.45, 2.75) is 30.5 Å². The second-order valence-corrected chi connectivity index (χ2v) is 8.76. The molecule has 4 aliphatic rings. The van der Waals surface area contributed by atoms with E-state index in [-0.39, 0.29) is 60.4 Å². The molecule has 30 heavy (non-hydrogen) atoms. The van der Waals surface area contributed by atoms with Gasteiger partial charge in [-0.05, 0) is 48.4 Å². The maximum absolute atomic E-state index is 13.0. The molecule has 4 fully saturated rings. The summed E-state index contributed by atoms with van der Waals surface area (Å²) < 4.78 is 13.0. The minimum Gasteiger partial charge on any atom is -0.479 e. The van der Waals surface area contributed by atoms with E-state index in [2.05, 4.69) is 5.32 Å².